The molecule has 3 rings (SSSR count). The van der Waals surface area contributed by atoms with Crippen molar-refractivity contribution in [2.75, 3.05) is 6.54 Å². The molecule has 0 radical (unpaired) electrons. The summed E-state index contributed by atoms with van der Waals surface area (Å²) in [4.78, 5) is 19.4. The quantitative estimate of drug-likeness (QED) is 0.763. The molecular weight excluding hydrogens is 240 g/mol. The van der Waals surface area contributed by atoms with Gasteiger partial charge in [0.2, 0.25) is 0 Å². The van der Waals surface area contributed by atoms with Crippen LogP contribution in [0, 0.1) is 0 Å². The minimum absolute atomic E-state index is 0.0166. The third-order valence-corrected chi connectivity index (χ3v) is 3.76. The Bertz CT molecular complexity index is 592. The van der Waals surface area contributed by atoms with Crippen molar-refractivity contribution in [2.45, 2.75) is 31.8 Å². The molecule has 1 fully saturated rings. The summed E-state index contributed by atoms with van der Waals surface area (Å²) in [7, 11) is 0. The summed E-state index contributed by atoms with van der Waals surface area (Å²) in [5, 5.41) is 6.49. The molecule has 1 aliphatic rings. The molecule has 0 aliphatic carbocycles. The summed E-state index contributed by atoms with van der Waals surface area (Å²) in [5.74, 6) is -0.0166. The number of aromatic amines is 1. The fourth-order valence-electron chi connectivity index (χ4n) is 2.57. The maximum atomic E-state index is 12.3. The molecular formula is C14H18N4O. The molecule has 2 atom stereocenters. The van der Waals surface area contributed by atoms with Crippen molar-refractivity contribution in [3.8, 4) is 0 Å². The van der Waals surface area contributed by atoms with E-state index in [9.17, 15) is 4.79 Å². The summed E-state index contributed by atoms with van der Waals surface area (Å²) in [6, 6.07) is 6.06. The van der Waals surface area contributed by atoms with Crippen molar-refractivity contribution in [3.63, 3.8) is 0 Å². The average Bonchev–Trinajstić information content (AvgIpc) is 2.88. The van der Waals surface area contributed by atoms with Crippen LogP contribution in [-0.2, 0) is 0 Å². The monoisotopic (exact) mass is 258 g/mol. The van der Waals surface area contributed by atoms with Crippen LogP contribution >= 0.6 is 0 Å². The number of nitrogens with zero attached hydrogens (tertiary/aromatic N) is 1. The molecule has 0 spiro atoms. The maximum absolute atomic E-state index is 12.3. The Morgan fingerprint density at radius 2 is 2.37 bits per heavy atom. The molecule has 2 heterocycles. The number of aromatic nitrogens is 2. The van der Waals surface area contributed by atoms with Gasteiger partial charge in [-0.05, 0) is 44.5 Å². The van der Waals surface area contributed by atoms with E-state index in [1.54, 1.807) is 6.33 Å². The van der Waals surface area contributed by atoms with Crippen molar-refractivity contribution in [2.24, 2.45) is 0 Å². The van der Waals surface area contributed by atoms with Crippen LogP contribution in [0.4, 0.5) is 0 Å². The largest absolute Gasteiger partial charge is 0.348 e. The molecule has 1 aromatic heterocycles. The molecule has 0 bridgehead atoms. The van der Waals surface area contributed by atoms with Gasteiger partial charge < -0.3 is 15.6 Å². The van der Waals surface area contributed by atoms with Gasteiger partial charge >= 0.3 is 0 Å². The van der Waals surface area contributed by atoms with Gasteiger partial charge in [-0.1, -0.05) is 0 Å². The molecule has 2 aromatic rings. The van der Waals surface area contributed by atoms with E-state index in [4.69, 9.17) is 0 Å². The first kappa shape index (κ1) is 12.2. The van der Waals surface area contributed by atoms with Crippen LogP contribution in [0.2, 0.25) is 0 Å². The first-order chi connectivity index (χ1) is 9.24. The first-order valence-electron chi connectivity index (χ1n) is 6.71. The second-order valence-corrected chi connectivity index (χ2v) is 5.10. The lowest BCUT2D eigenvalue weighted by Gasteiger charge is -2.30. The molecule has 3 N–H and O–H groups in total. The van der Waals surface area contributed by atoms with Gasteiger partial charge in [-0.3, -0.25) is 4.79 Å². The predicted molar refractivity (Wildman–Crippen MR) is 74.0 cm³/mol. The molecule has 1 saturated heterocycles. The summed E-state index contributed by atoms with van der Waals surface area (Å²) < 4.78 is 0. The predicted octanol–water partition coefficient (Wildman–Crippen LogP) is 1.43. The SMILES string of the molecule is CC1NCCCC1NC(=O)c1ccc2nc[nH]c2c1. The Labute approximate surface area is 111 Å². The lowest BCUT2D eigenvalue weighted by Crippen LogP contribution is -2.51. The Morgan fingerprint density at radius 1 is 1.47 bits per heavy atom. The number of benzene rings is 1. The van der Waals surface area contributed by atoms with Crippen LogP contribution in [0.1, 0.15) is 30.1 Å². The van der Waals surface area contributed by atoms with Gasteiger partial charge in [-0.25, -0.2) is 4.98 Å². The third kappa shape index (κ3) is 2.46. The minimum atomic E-state index is -0.0166. The van der Waals surface area contributed by atoms with Gasteiger partial charge in [-0.2, -0.15) is 0 Å². The van der Waals surface area contributed by atoms with Gasteiger partial charge in [0.1, 0.15) is 0 Å². The highest BCUT2D eigenvalue weighted by atomic mass is 16.1. The Hall–Kier alpha value is -1.88. The summed E-state index contributed by atoms with van der Waals surface area (Å²) in [6.07, 6.45) is 3.78. The Kier molecular flexibility index (Phi) is 3.21. The molecule has 1 amide bonds. The number of hydrogen-bond donors (Lipinski definition) is 3. The number of H-pyrrole nitrogens is 1. The van der Waals surface area contributed by atoms with Crippen LogP contribution in [0.5, 0.6) is 0 Å². The lowest BCUT2D eigenvalue weighted by atomic mass is 9.99. The van der Waals surface area contributed by atoms with E-state index < -0.39 is 0 Å². The van der Waals surface area contributed by atoms with Crippen LogP contribution in [-0.4, -0.2) is 34.5 Å². The van der Waals surface area contributed by atoms with E-state index in [1.807, 2.05) is 18.2 Å². The molecule has 5 heteroatoms. The first-order valence-corrected chi connectivity index (χ1v) is 6.71. The van der Waals surface area contributed by atoms with Crippen molar-refractivity contribution < 1.29 is 4.79 Å². The van der Waals surface area contributed by atoms with Crippen molar-refractivity contribution >= 4 is 16.9 Å². The van der Waals surface area contributed by atoms with E-state index in [1.165, 1.54) is 0 Å². The number of imidazole rings is 1. The topological polar surface area (TPSA) is 69.8 Å². The van der Waals surface area contributed by atoms with Gasteiger partial charge in [-0.15, -0.1) is 0 Å². The minimum Gasteiger partial charge on any atom is -0.348 e. The van der Waals surface area contributed by atoms with Crippen LogP contribution in [0.3, 0.4) is 0 Å². The van der Waals surface area contributed by atoms with Crippen molar-refractivity contribution in [3.05, 3.63) is 30.1 Å². The molecule has 0 saturated carbocycles. The molecule has 100 valence electrons. The second kappa shape index (κ2) is 5.01. The molecule has 1 aromatic carbocycles. The Morgan fingerprint density at radius 3 is 3.21 bits per heavy atom. The van der Waals surface area contributed by atoms with Crippen LogP contribution in [0.25, 0.3) is 11.0 Å². The lowest BCUT2D eigenvalue weighted by molar-refractivity contribution is 0.0920. The number of amides is 1. The number of piperidine rings is 1. The number of nitrogens with one attached hydrogen (secondary N) is 3. The fraction of sp³-hybridized carbons (Fsp3) is 0.429. The van der Waals surface area contributed by atoms with Gasteiger partial charge in [0.25, 0.3) is 5.91 Å². The zero-order chi connectivity index (χ0) is 13.2. The second-order valence-electron chi connectivity index (χ2n) is 5.10. The number of rotatable bonds is 2. The van der Waals surface area contributed by atoms with Gasteiger partial charge in [0.15, 0.2) is 0 Å². The third-order valence-electron chi connectivity index (χ3n) is 3.76. The average molecular weight is 258 g/mol. The number of fused-ring (bicyclic) bond motifs is 1. The van der Waals surface area contributed by atoms with E-state index in [0.717, 1.165) is 30.4 Å². The van der Waals surface area contributed by atoms with E-state index >= 15 is 0 Å². The molecule has 19 heavy (non-hydrogen) atoms. The maximum Gasteiger partial charge on any atom is 0.251 e. The highest BCUT2D eigenvalue weighted by molar-refractivity contribution is 5.97. The highest BCUT2D eigenvalue weighted by Gasteiger charge is 2.22. The standard InChI is InChI=1S/C14H18N4O/c1-9-11(3-2-6-15-9)18-14(19)10-4-5-12-13(7-10)17-8-16-12/h4-5,7-9,11,15H,2-3,6H2,1H3,(H,16,17)(H,18,19). The van der Waals surface area contributed by atoms with E-state index in [2.05, 4.69) is 27.5 Å². The highest BCUT2D eigenvalue weighted by Crippen LogP contribution is 2.13. The zero-order valence-electron chi connectivity index (χ0n) is 10.9. The van der Waals surface area contributed by atoms with Gasteiger partial charge in [0, 0.05) is 17.6 Å². The van der Waals surface area contributed by atoms with E-state index in [0.29, 0.717) is 11.6 Å². The number of carbonyl (C=O) groups excluding carboxylic acids is 1. The van der Waals surface area contributed by atoms with E-state index in [-0.39, 0.29) is 11.9 Å². The number of carbonyl (C=O) groups is 1. The molecule has 5 nitrogen and oxygen atoms in total. The Balaban J connectivity index is 1.75. The zero-order valence-corrected chi connectivity index (χ0v) is 10.9. The molecule has 1 aliphatic heterocycles. The summed E-state index contributed by atoms with van der Waals surface area (Å²) >= 11 is 0. The van der Waals surface area contributed by atoms with Gasteiger partial charge in [0.05, 0.1) is 17.4 Å². The molecule has 2 unspecified atom stereocenters. The van der Waals surface area contributed by atoms with Crippen molar-refractivity contribution in [1.82, 2.24) is 20.6 Å². The fourth-order valence-corrected chi connectivity index (χ4v) is 2.57. The van der Waals surface area contributed by atoms with Crippen LogP contribution < -0.4 is 10.6 Å². The summed E-state index contributed by atoms with van der Waals surface area (Å²) in [5.41, 5.74) is 2.45. The number of hydrogen-bond acceptors (Lipinski definition) is 3. The van der Waals surface area contributed by atoms with Crippen molar-refractivity contribution in [1.29, 1.82) is 0 Å². The summed E-state index contributed by atoms with van der Waals surface area (Å²) in [6.45, 7) is 3.15. The normalized spacial score (nSPS) is 23.4. The van der Waals surface area contributed by atoms with Crippen LogP contribution in [0.15, 0.2) is 24.5 Å². The smallest absolute Gasteiger partial charge is 0.251 e.